The summed E-state index contributed by atoms with van der Waals surface area (Å²) in [5, 5.41) is 10.6. The van der Waals surface area contributed by atoms with Crippen LogP contribution in [0, 0.1) is 10.1 Å². The predicted molar refractivity (Wildman–Crippen MR) is 99.0 cm³/mol. The molecule has 0 heterocycles. The van der Waals surface area contributed by atoms with Crippen LogP contribution in [0.25, 0.3) is 0 Å². The van der Waals surface area contributed by atoms with E-state index in [9.17, 15) is 18.5 Å². The number of benzene rings is 2. The zero-order valence-electron chi connectivity index (χ0n) is 13.6. The van der Waals surface area contributed by atoms with Crippen molar-refractivity contribution < 1.29 is 18.1 Å². The molecule has 0 radical (unpaired) electrons. The molecule has 0 fully saturated rings. The van der Waals surface area contributed by atoms with Gasteiger partial charge in [0.05, 0.1) is 19.9 Å². The Morgan fingerprint density at radius 2 is 1.69 bits per heavy atom. The van der Waals surface area contributed by atoms with Crippen molar-refractivity contribution in [3.63, 3.8) is 0 Å². The zero-order valence-corrected chi connectivity index (χ0v) is 15.9. The highest BCUT2D eigenvalue weighted by Gasteiger charge is 2.19. The Bertz CT molecular complexity index is 937. The van der Waals surface area contributed by atoms with Gasteiger partial charge in [-0.2, -0.15) is 8.42 Å². The first-order valence-corrected chi connectivity index (χ1v) is 9.18. The number of ether oxygens (including phenoxy) is 1. The Morgan fingerprint density at radius 3 is 2.15 bits per heavy atom. The van der Waals surface area contributed by atoms with Crippen molar-refractivity contribution in [2.24, 2.45) is 4.40 Å². The number of sulfonamides is 1. The van der Waals surface area contributed by atoms with Gasteiger partial charge in [-0.05, 0) is 24.3 Å². The molecule has 0 unspecified atom stereocenters. The van der Waals surface area contributed by atoms with Gasteiger partial charge in [0.2, 0.25) is 0 Å². The third kappa shape index (κ3) is 4.84. The van der Waals surface area contributed by atoms with Crippen LogP contribution in [0.3, 0.4) is 0 Å². The maximum atomic E-state index is 12.2. The van der Waals surface area contributed by atoms with Crippen molar-refractivity contribution >= 4 is 45.3 Å². The van der Waals surface area contributed by atoms with Crippen LogP contribution in [0.5, 0.6) is 11.5 Å². The van der Waals surface area contributed by atoms with E-state index in [0.29, 0.717) is 0 Å². The maximum Gasteiger partial charge on any atom is 0.283 e. The molecule has 0 saturated heterocycles. The fourth-order valence-corrected chi connectivity index (χ4v) is 3.42. The molecule has 26 heavy (non-hydrogen) atoms. The van der Waals surface area contributed by atoms with Gasteiger partial charge >= 0.3 is 0 Å². The molecule has 11 heteroatoms. The number of nitrogens with zero attached hydrogens (tertiary/aromatic N) is 3. The topological polar surface area (TPSA) is 102 Å². The van der Waals surface area contributed by atoms with Crippen molar-refractivity contribution in [1.82, 2.24) is 4.90 Å². The second-order valence-corrected chi connectivity index (χ2v) is 7.68. The molecule has 0 aliphatic heterocycles. The third-order valence-electron chi connectivity index (χ3n) is 2.95. The van der Waals surface area contributed by atoms with E-state index in [1.165, 1.54) is 29.2 Å². The fourth-order valence-electron chi connectivity index (χ4n) is 1.75. The predicted octanol–water partition coefficient (Wildman–Crippen LogP) is 3.97. The lowest BCUT2D eigenvalue weighted by atomic mass is 10.3. The summed E-state index contributed by atoms with van der Waals surface area (Å²) in [6.07, 6.45) is 1.14. The van der Waals surface area contributed by atoms with E-state index in [1.807, 2.05) is 0 Å². The SMILES string of the molecule is CN(C)C=NS(=O)(=O)c1cc(Cl)c(Oc2ccc([N+](=O)[O-])cc2)c(Cl)c1. The van der Waals surface area contributed by atoms with Gasteiger partial charge in [-0.3, -0.25) is 10.1 Å². The molecule has 0 aromatic heterocycles. The smallest absolute Gasteiger partial charge is 0.283 e. The first-order valence-electron chi connectivity index (χ1n) is 6.98. The van der Waals surface area contributed by atoms with E-state index in [4.69, 9.17) is 27.9 Å². The van der Waals surface area contributed by atoms with Crippen LogP contribution in [0.4, 0.5) is 5.69 Å². The van der Waals surface area contributed by atoms with Crippen molar-refractivity contribution in [3.8, 4) is 11.5 Å². The normalized spacial score (nSPS) is 11.5. The summed E-state index contributed by atoms with van der Waals surface area (Å²) in [7, 11) is -0.727. The van der Waals surface area contributed by atoms with E-state index in [0.717, 1.165) is 18.5 Å². The van der Waals surface area contributed by atoms with E-state index < -0.39 is 14.9 Å². The molecule has 0 N–H and O–H groups in total. The minimum atomic E-state index is -3.98. The number of nitro groups is 1. The van der Waals surface area contributed by atoms with Crippen molar-refractivity contribution in [3.05, 3.63) is 56.6 Å². The lowest BCUT2D eigenvalue weighted by Crippen LogP contribution is -2.10. The molecule has 2 aromatic carbocycles. The minimum absolute atomic E-state index is 0.0257. The number of non-ortho nitro benzene ring substituents is 1. The molecular formula is C15H13Cl2N3O5S. The highest BCUT2D eigenvalue weighted by molar-refractivity contribution is 7.90. The molecule has 2 rings (SSSR count). The van der Waals surface area contributed by atoms with E-state index in [2.05, 4.69) is 4.40 Å². The molecule has 2 aromatic rings. The van der Waals surface area contributed by atoms with E-state index >= 15 is 0 Å². The first kappa shape index (κ1) is 20.0. The van der Waals surface area contributed by atoms with Gasteiger partial charge in [-0.25, -0.2) is 0 Å². The Morgan fingerprint density at radius 1 is 1.15 bits per heavy atom. The molecular weight excluding hydrogens is 405 g/mol. The quantitative estimate of drug-likeness (QED) is 0.304. The second-order valence-electron chi connectivity index (χ2n) is 5.23. The summed E-state index contributed by atoms with van der Waals surface area (Å²) in [6.45, 7) is 0. The Hall–Kier alpha value is -2.36. The average Bonchev–Trinajstić information content (AvgIpc) is 2.56. The highest BCUT2D eigenvalue weighted by atomic mass is 35.5. The van der Waals surface area contributed by atoms with Gasteiger partial charge in [0, 0.05) is 26.2 Å². The largest absolute Gasteiger partial charge is 0.454 e. The van der Waals surface area contributed by atoms with Gasteiger partial charge in [0.25, 0.3) is 15.7 Å². The van der Waals surface area contributed by atoms with E-state index in [-0.39, 0.29) is 32.1 Å². The molecule has 0 aliphatic rings. The fraction of sp³-hybridized carbons (Fsp3) is 0.133. The molecule has 138 valence electrons. The van der Waals surface area contributed by atoms with Gasteiger partial charge in [0.15, 0.2) is 5.75 Å². The summed E-state index contributed by atoms with van der Waals surface area (Å²) >= 11 is 12.2. The Balaban J connectivity index is 2.33. The highest BCUT2D eigenvalue weighted by Crippen LogP contribution is 2.39. The standard InChI is InChI=1S/C15H13Cl2N3O5S/c1-19(2)9-18-26(23,24)12-7-13(16)15(14(17)8-12)25-11-5-3-10(4-6-11)20(21)22/h3-9H,1-2H3. The number of hydrogen-bond acceptors (Lipinski definition) is 5. The van der Waals surface area contributed by atoms with Gasteiger partial charge in [-0.15, -0.1) is 4.40 Å². The van der Waals surface area contributed by atoms with Gasteiger partial charge in [0.1, 0.15) is 12.1 Å². The van der Waals surface area contributed by atoms with Crippen molar-refractivity contribution in [1.29, 1.82) is 0 Å². The van der Waals surface area contributed by atoms with Crippen LogP contribution >= 0.6 is 23.2 Å². The molecule has 0 spiro atoms. The van der Waals surface area contributed by atoms with E-state index in [1.54, 1.807) is 14.1 Å². The summed E-state index contributed by atoms with van der Waals surface area (Å²) in [5.41, 5.74) is -0.102. The molecule has 8 nitrogen and oxygen atoms in total. The summed E-state index contributed by atoms with van der Waals surface area (Å²) in [4.78, 5) is 11.4. The maximum absolute atomic E-state index is 12.2. The van der Waals surface area contributed by atoms with Crippen LogP contribution in [-0.4, -0.2) is 38.7 Å². The van der Waals surface area contributed by atoms with Crippen LogP contribution in [0.1, 0.15) is 0 Å². The summed E-state index contributed by atoms with van der Waals surface area (Å²) < 4.78 is 33.3. The first-order chi connectivity index (χ1) is 12.1. The summed E-state index contributed by atoms with van der Waals surface area (Å²) in [5.74, 6) is 0.276. The van der Waals surface area contributed by atoms with Gasteiger partial charge < -0.3 is 9.64 Å². The monoisotopic (exact) mass is 417 g/mol. The van der Waals surface area contributed by atoms with Crippen molar-refractivity contribution in [2.75, 3.05) is 14.1 Å². The number of hydrogen-bond donors (Lipinski definition) is 0. The van der Waals surface area contributed by atoms with Crippen LogP contribution in [-0.2, 0) is 10.0 Å². The average molecular weight is 418 g/mol. The van der Waals surface area contributed by atoms with Crippen molar-refractivity contribution in [2.45, 2.75) is 4.90 Å². The number of halogens is 2. The number of rotatable bonds is 6. The third-order valence-corrected chi connectivity index (χ3v) is 4.72. The lowest BCUT2D eigenvalue weighted by molar-refractivity contribution is -0.384. The minimum Gasteiger partial charge on any atom is -0.454 e. The lowest BCUT2D eigenvalue weighted by Gasteiger charge is -2.11. The molecule has 0 bridgehead atoms. The molecule has 0 saturated carbocycles. The van der Waals surface area contributed by atoms with Crippen LogP contribution in [0.15, 0.2) is 45.7 Å². The Labute approximate surface area is 159 Å². The molecule has 0 amide bonds. The second kappa shape index (κ2) is 7.90. The van der Waals surface area contributed by atoms with Crippen LogP contribution in [0.2, 0.25) is 10.0 Å². The van der Waals surface area contributed by atoms with Gasteiger partial charge in [-0.1, -0.05) is 23.2 Å². The summed E-state index contributed by atoms with van der Waals surface area (Å²) in [6, 6.07) is 7.58. The van der Waals surface area contributed by atoms with Crippen LogP contribution < -0.4 is 4.74 Å². The Kier molecular flexibility index (Phi) is 6.06. The zero-order chi connectivity index (χ0) is 19.5. The molecule has 0 atom stereocenters. The molecule has 0 aliphatic carbocycles. The number of nitro benzene ring substituents is 1.